The molecule has 1 atom stereocenters. The molecule has 0 unspecified atom stereocenters. The molecular formula is C20H13ClF3NO3. The Hall–Kier alpha value is -2.80. The fraction of sp³-hybridized carbons (Fsp3) is 0.200. The van der Waals surface area contributed by atoms with Crippen molar-refractivity contribution in [2.45, 2.75) is 18.5 Å². The molecule has 8 heteroatoms. The van der Waals surface area contributed by atoms with E-state index in [1.165, 1.54) is 12.1 Å². The van der Waals surface area contributed by atoms with Crippen LogP contribution in [0, 0.1) is 0 Å². The van der Waals surface area contributed by atoms with Crippen LogP contribution in [-0.2, 0) is 20.5 Å². The maximum absolute atomic E-state index is 13.1. The highest BCUT2D eigenvalue weighted by atomic mass is 35.5. The van der Waals surface area contributed by atoms with Crippen molar-refractivity contribution in [1.29, 1.82) is 0 Å². The standard InChI is InChI=1S/C20H13ClF3NO3/c21-13-5-1-3-11(7-13)15-9-17(26)25(16-10-28-19(27)18(15)16)14-6-2-4-12(8-14)20(22,23)24/h1-8,15H,9-10H2/t15-/m0/s1. The second kappa shape index (κ2) is 6.67. The molecule has 2 aliphatic rings. The lowest BCUT2D eigenvalue weighted by atomic mass is 9.84. The van der Waals surface area contributed by atoms with Crippen LogP contribution < -0.4 is 4.90 Å². The van der Waals surface area contributed by atoms with Crippen LogP contribution in [0.3, 0.4) is 0 Å². The topological polar surface area (TPSA) is 46.6 Å². The number of alkyl halides is 3. The predicted molar refractivity (Wildman–Crippen MR) is 95.7 cm³/mol. The third-order valence-corrected chi connectivity index (χ3v) is 5.04. The first-order valence-corrected chi connectivity index (χ1v) is 8.79. The zero-order valence-electron chi connectivity index (χ0n) is 14.3. The summed E-state index contributed by atoms with van der Waals surface area (Å²) in [6.07, 6.45) is -4.62. The summed E-state index contributed by atoms with van der Waals surface area (Å²) in [7, 11) is 0. The van der Waals surface area contributed by atoms with E-state index in [0.717, 1.165) is 17.0 Å². The normalized spacial score (nSPS) is 19.7. The van der Waals surface area contributed by atoms with Crippen LogP contribution in [0.4, 0.5) is 18.9 Å². The zero-order chi connectivity index (χ0) is 20.1. The average Bonchev–Trinajstić information content (AvgIpc) is 3.02. The molecule has 0 aromatic heterocycles. The van der Waals surface area contributed by atoms with Gasteiger partial charge < -0.3 is 4.74 Å². The third-order valence-electron chi connectivity index (χ3n) is 4.80. The molecule has 4 rings (SSSR count). The van der Waals surface area contributed by atoms with E-state index in [1.807, 2.05) is 0 Å². The van der Waals surface area contributed by atoms with Gasteiger partial charge in [-0.05, 0) is 35.9 Å². The van der Waals surface area contributed by atoms with Crippen LogP contribution >= 0.6 is 11.6 Å². The van der Waals surface area contributed by atoms with E-state index in [4.69, 9.17) is 16.3 Å². The van der Waals surface area contributed by atoms with Gasteiger partial charge in [0.05, 0.1) is 16.8 Å². The molecule has 2 aromatic rings. The minimum absolute atomic E-state index is 0.0511. The molecule has 2 heterocycles. The van der Waals surface area contributed by atoms with Gasteiger partial charge in [-0.2, -0.15) is 13.2 Å². The summed E-state index contributed by atoms with van der Waals surface area (Å²) in [6, 6.07) is 11.3. The van der Waals surface area contributed by atoms with E-state index in [1.54, 1.807) is 24.3 Å². The molecule has 0 aliphatic carbocycles. The molecule has 144 valence electrons. The highest BCUT2D eigenvalue weighted by molar-refractivity contribution is 6.30. The Balaban J connectivity index is 1.82. The highest BCUT2D eigenvalue weighted by Crippen LogP contribution is 2.43. The molecule has 0 N–H and O–H groups in total. The van der Waals surface area contributed by atoms with Gasteiger partial charge in [0, 0.05) is 23.0 Å². The maximum Gasteiger partial charge on any atom is 0.416 e. The molecule has 0 spiro atoms. The lowest BCUT2D eigenvalue weighted by molar-refractivity contribution is -0.138. The van der Waals surface area contributed by atoms with Crippen LogP contribution in [0.25, 0.3) is 0 Å². The molecule has 0 bridgehead atoms. The van der Waals surface area contributed by atoms with Gasteiger partial charge in [0.1, 0.15) is 6.61 Å². The Labute approximate surface area is 163 Å². The van der Waals surface area contributed by atoms with Crippen LogP contribution in [0.5, 0.6) is 0 Å². The number of ether oxygens (including phenoxy) is 1. The zero-order valence-corrected chi connectivity index (χ0v) is 15.1. The van der Waals surface area contributed by atoms with E-state index < -0.39 is 29.5 Å². The smallest absolute Gasteiger partial charge is 0.416 e. The summed E-state index contributed by atoms with van der Waals surface area (Å²) in [6.45, 7) is -0.173. The van der Waals surface area contributed by atoms with Gasteiger partial charge in [-0.15, -0.1) is 0 Å². The number of carbonyl (C=O) groups excluding carboxylic acids is 2. The van der Waals surface area contributed by atoms with E-state index in [2.05, 4.69) is 0 Å². The van der Waals surface area contributed by atoms with Gasteiger partial charge in [-0.3, -0.25) is 9.69 Å². The molecule has 0 saturated carbocycles. The largest absolute Gasteiger partial charge is 0.456 e. The number of carbonyl (C=O) groups is 2. The molecular weight excluding hydrogens is 395 g/mol. The molecule has 4 nitrogen and oxygen atoms in total. The minimum atomic E-state index is -4.54. The van der Waals surface area contributed by atoms with E-state index in [0.29, 0.717) is 10.6 Å². The van der Waals surface area contributed by atoms with Crippen LogP contribution in [0.15, 0.2) is 59.8 Å². The Morgan fingerprint density at radius 3 is 2.54 bits per heavy atom. The van der Waals surface area contributed by atoms with Crippen molar-refractivity contribution in [3.8, 4) is 0 Å². The number of amides is 1. The number of benzene rings is 2. The Kier molecular flexibility index (Phi) is 4.42. The van der Waals surface area contributed by atoms with Crippen LogP contribution in [-0.4, -0.2) is 18.5 Å². The van der Waals surface area contributed by atoms with Crippen LogP contribution in [0.2, 0.25) is 5.02 Å². The number of rotatable bonds is 2. The molecule has 2 aromatic carbocycles. The number of hydrogen-bond donors (Lipinski definition) is 0. The summed E-state index contributed by atoms with van der Waals surface area (Å²) in [5, 5.41) is 0.457. The van der Waals surface area contributed by atoms with Gasteiger partial charge in [0.15, 0.2) is 0 Å². The monoisotopic (exact) mass is 407 g/mol. The maximum atomic E-state index is 13.1. The quantitative estimate of drug-likeness (QED) is 0.678. The molecule has 0 radical (unpaired) electrons. The van der Waals surface area contributed by atoms with Crippen molar-refractivity contribution >= 4 is 29.2 Å². The number of halogens is 4. The Bertz CT molecular complexity index is 1020. The first kappa shape index (κ1) is 18.6. The third kappa shape index (κ3) is 3.16. The molecule has 0 fully saturated rings. The Morgan fingerprint density at radius 1 is 1.07 bits per heavy atom. The van der Waals surface area contributed by atoms with Gasteiger partial charge in [0.25, 0.3) is 0 Å². The summed E-state index contributed by atoms with van der Waals surface area (Å²) in [5.41, 5.74) is 0.401. The first-order chi connectivity index (χ1) is 13.3. The van der Waals surface area contributed by atoms with Crippen molar-refractivity contribution < 1.29 is 27.5 Å². The lowest BCUT2D eigenvalue weighted by Gasteiger charge is -2.32. The molecule has 2 aliphatic heterocycles. The first-order valence-electron chi connectivity index (χ1n) is 8.41. The van der Waals surface area contributed by atoms with Gasteiger partial charge in [-0.1, -0.05) is 29.8 Å². The minimum Gasteiger partial charge on any atom is -0.456 e. The van der Waals surface area contributed by atoms with E-state index in [9.17, 15) is 22.8 Å². The van der Waals surface area contributed by atoms with Gasteiger partial charge >= 0.3 is 12.1 Å². The summed E-state index contributed by atoms with van der Waals surface area (Å²) >= 11 is 6.03. The lowest BCUT2D eigenvalue weighted by Crippen LogP contribution is -2.37. The second-order valence-electron chi connectivity index (χ2n) is 6.53. The fourth-order valence-electron chi connectivity index (χ4n) is 3.58. The number of esters is 1. The highest BCUT2D eigenvalue weighted by Gasteiger charge is 2.43. The second-order valence-corrected chi connectivity index (χ2v) is 6.96. The fourth-order valence-corrected chi connectivity index (χ4v) is 3.78. The average molecular weight is 408 g/mol. The van der Waals surface area contributed by atoms with Gasteiger partial charge in [-0.25, -0.2) is 4.79 Å². The van der Waals surface area contributed by atoms with E-state index in [-0.39, 0.29) is 30.0 Å². The van der Waals surface area contributed by atoms with Crippen LogP contribution in [0.1, 0.15) is 23.5 Å². The SMILES string of the molecule is O=C1OCC2=C1[C@H](c1cccc(Cl)c1)CC(=O)N2c1cccc(C(F)(F)F)c1. The molecule has 28 heavy (non-hydrogen) atoms. The van der Waals surface area contributed by atoms with Gasteiger partial charge in [0.2, 0.25) is 5.91 Å². The Morgan fingerprint density at radius 2 is 1.82 bits per heavy atom. The predicted octanol–water partition coefficient (Wildman–Crippen LogP) is 4.69. The number of nitrogens with zero attached hydrogens (tertiary/aromatic N) is 1. The number of anilines is 1. The molecule has 0 saturated heterocycles. The summed E-state index contributed by atoms with van der Waals surface area (Å²) in [5.74, 6) is -1.55. The summed E-state index contributed by atoms with van der Waals surface area (Å²) in [4.78, 5) is 26.4. The molecule has 1 amide bonds. The number of cyclic esters (lactones) is 1. The van der Waals surface area contributed by atoms with Crippen molar-refractivity contribution in [2.75, 3.05) is 11.5 Å². The number of hydrogen-bond acceptors (Lipinski definition) is 3. The summed E-state index contributed by atoms with van der Waals surface area (Å²) < 4.78 is 44.3. The van der Waals surface area contributed by atoms with Crippen molar-refractivity contribution in [1.82, 2.24) is 0 Å². The van der Waals surface area contributed by atoms with E-state index >= 15 is 0 Å². The van der Waals surface area contributed by atoms with Crippen molar-refractivity contribution in [3.63, 3.8) is 0 Å². The van der Waals surface area contributed by atoms with Crippen molar-refractivity contribution in [2.24, 2.45) is 0 Å². The van der Waals surface area contributed by atoms with Crippen molar-refractivity contribution in [3.05, 3.63) is 76.0 Å².